The number of hydrogen-bond acceptors (Lipinski definition) is 5. The van der Waals surface area contributed by atoms with Gasteiger partial charge in [0.05, 0.1) is 11.9 Å². The number of rotatable bonds is 4. The third-order valence-electron chi connectivity index (χ3n) is 1.40. The number of benzene rings is 1. The normalized spacial score (nSPS) is 9.19. The van der Waals surface area contributed by atoms with Gasteiger partial charge in [-0.2, -0.15) is 5.10 Å². The lowest BCUT2D eigenvalue weighted by atomic mass is 10.2. The van der Waals surface area contributed by atoms with Crippen LogP contribution in [0.2, 0.25) is 0 Å². The summed E-state index contributed by atoms with van der Waals surface area (Å²) < 4.78 is 12.8. The molecule has 0 fully saturated rings. The van der Waals surface area contributed by atoms with E-state index in [-0.39, 0.29) is 5.56 Å². The molecular formula is C10H12FN3O2. The molecule has 0 heterocycles. The molecule has 1 aromatic carbocycles. The van der Waals surface area contributed by atoms with Crippen LogP contribution in [0, 0.1) is 11.2 Å². The first-order valence-corrected chi connectivity index (χ1v) is 4.25. The highest BCUT2D eigenvalue weighted by Crippen LogP contribution is 2.12. The van der Waals surface area contributed by atoms with Gasteiger partial charge < -0.3 is 10.5 Å². The third-order valence-corrected chi connectivity index (χ3v) is 1.40. The predicted molar refractivity (Wildman–Crippen MR) is 60.8 cm³/mol. The molecule has 86 valence electrons. The van der Waals surface area contributed by atoms with Gasteiger partial charge in [-0.1, -0.05) is 0 Å². The van der Waals surface area contributed by atoms with E-state index in [1.165, 1.54) is 18.3 Å². The van der Waals surface area contributed by atoms with Crippen LogP contribution < -0.4 is 5.43 Å². The molecule has 0 atom stereocenters. The highest BCUT2D eigenvalue weighted by molar-refractivity contribution is 6.14. The van der Waals surface area contributed by atoms with Crippen LogP contribution in [0.4, 0.5) is 10.1 Å². The fraction of sp³-hybridized carbons (Fsp3) is 0.100. The number of aliphatic hydroxyl groups excluding tert-OH is 1. The first kappa shape index (κ1) is 13.9. The minimum Gasteiger partial charge on any atom is -0.400 e. The maximum atomic E-state index is 12.8. The SMILES string of the molecule is CO.N=C/C=N\Nc1cc(F)cc(C=O)c1. The Labute approximate surface area is 92.1 Å². The smallest absolute Gasteiger partial charge is 0.150 e. The largest absolute Gasteiger partial charge is 0.400 e. The molecule has 0 unspecified atom stereocenters. The Morgan fingerprint density at radius 2 is 2.12 bits per heavy atom. The van der Waals surface area contributed by atoms with Gasteiger partial charge in [-0.25, -0.2) is 4.39 Å². The molecule has 6 heteroatoms. The summed E-state index contributed by atoms with van der Waals surface area (Å²) in [5.74, 6) is -0.512. The van der Waals surface area contributed by atoms with E-state index in [1.807, 2.05) is 0 Å². The number of carbonyl (C=O) groups excluding carboxylic acids is 1. The van der Waals surface area contributed by atoms with Crippen molar-refractivity contribution >= 4 is 24.4 Å². The molecule has 0 bridgehead atoms. The molecule has 5 nitrogen and oxygen atoms in total. The van der Waals surface area contributed by atoms with Crippen LogP contribution in [0.1, 0.15) is 10.4 Å². The van der Waals surface area contributed by atoms with Crippen LogP contribution in [-0.4, -0.2) is 30.9 Å². The van der Waals surface area contributed by atoms with E-state index in [4.69, 9.17) is 10.5 Å². The van der Waals surface area contributed by atoms with Gasteiger partial charge in [0.1, 0.15) is 12.1 Å². The van der Waals surface area contributed by atoms with Gasteiger partial charge in [0.15, 0.2) is 0 Å². The molecule has 0 aliphatic rings. The summed E-state index contributed by atoms with van der Waals surface area (Å²) in [6.45, 7) is 0. The van der Waals surface area contributed by atoms with Crippen molar-refractivity contribution in [3.8, 4) is 0 Å². The van der Waals surface area contributed by atoms with E-state index in [2.05, 4.69) is 10.5 Å². The van der Waals surface area contributed by atoms with Crippen LogP contribution in [0.3, 0.4) is 0 Å². The monoisotopic (exact) mass is 225 g/mol. The quantitative estimate of drug-likeness (QED) is 0.410. The number of anilines is 1. The lowest BCUT2D eigenvalue weighted by Gasteiger charge is -2.00. The zero-order valence-corrected chi connectivity index (χ0v) is 8.64. The number of nitrogens with zero attached hydrogens (tertiary/aromatic N) is 1. The van der Waals surface area contributed by atoms with Crippen molar-refractivity contribution in [3.63, 3.8) is 0 Å². The summed E-state index contributed by atoms with van der Waals surface area (Å²) in [6.07, 6.45) is 2.73. The van der Waals surface area contributed by atoms with Gasteiger partial charge in [0, 0.05) is 18.9 Å². The summed E-state index contributed by atoms with van der Waals surface area (Å²) in [6, 6.07) is 3.78. The minimum atomic E-state index is -0.512. The summed E-state index contributed by atoms with van der Waals surface area (Å²) in [5, 5.41) is 17.2. The lowest BCUT2D eigenvalue weighted by Crippen LogP contribution is -1.92. The van der Waals surface area contributed by atoms with Gasteiger partial charge in [-0.15, -0.1) is 0 Å². The first-order valence-electron chi connectivity index (χ1n) is 4.25. The van der Waals surface area contributed by atoms with Gasteiger partial charge >= 0.3 is 0 Å². The molecule has 0 spiro atoms. The molecule has 0 aliphatic carbocycles. The Morgan fingerprint density at radius 1 is 1.44 bits per heavy atom. The average molecular weight is 225 g/mol. The Kier molecular flexibility index (Phi) is 7.17. The molecular weight excluding hydrogens is 213 g/mol. The van der Waals surface area contributed by atoms with Crippen molar-refractivity contribution in [1.29, 1.82) is 5.41 Å². The van der Waals surface area contributed by atoms with Crippen molar-refractivity contribution in [1.82, 2.24) is 0 Å². The molecule has 1 aromatic rings. The van der Waals surface area contributed by atoms with Gasteiger partial charge in [0.25, 0.3) is 0 Å². The number of aldehydes is 1. The molecule has 16 heavy (non-hydrogen) atoms. The van der Waals surface area contributed by atoms with Crippen molar-refractivity contribution in [2.75, 3.05) is 12.5 Å². The lowest BCUT2D eigenvalue weighted by molar-refractivity contribution is 0.112. The van der Waals surface area contributed by atoms with E-state index in [0.29, 0.717) is 12.0 Å². The second-order valence-corrected chi connectivity index (χ2v) is 2.45. The Morgan fingerprint density at radius 3 is 2.69 bits per heavy atom. The summed E-state index contributed by atoms with van der Waals surface area (Å²) in [5.41, 5.74) is 3.08. The maximum absolute atomic E-state index is 12.8. The average Bonchev–Trinajstić information content (AvgIpc) is 2.31. The second-order valence-electron chi connectivity index (χ2n) is 2.45. The van der Waals surface area contributed by atoms with Crippen molar-refractivity contribution in [2.45, 2.75) is 0 Å². The van der Waals surface area contributed by atoms with E-state index >= 15 is 0 Å². The van der Waals surface area contributed by atoms with Crippen molar-refractivity contribution < 1.29 is 14.3 Å². The second kappa shape index (κ2) is 8.25. The molecule has 3 N–H and O–H groups in total. The molecule has 1 rings (SSSR count). The topological polar surface area (TPSA) is 85.5 Å². The zero-order valence-electron chi connectivity index (χ0n) is 8.64. The van der Waals surface area contributed by atoms with Crippen LogP contribution in [0.5, 0.6) is 0 Å². The van der Waals surface area contributed by atoms with Gasteiger partial charge in [-0.05, 0) is 18.2 Å². The molecule has 0 saturated heterocycles. The number of aliphatic hydroxyl groups is 1. The van der Waals surface area contributed by atoms with E-state index in [1.54, 1.807) is 0 Å². The summed E-state index contributed by atoms with van der Waals surface area (Å²) in [4.78, 5) is 10.4. The van der Waals surface area contributed by atoms with E-state index in [0.717, 1.165) is 19.4 Å². The van der Waals surface area contributed by atoms with Crippen LogP contribution >= 0.6 is 0 Å². The zero-order chi connectivity index (χ0) is 12.4. The predicted octanol–water partition coefficient (Wildman–Crippen LogP) is 1.29. The number of hydrogen-bond donors (Lipinski definition) is 3. The van der Waals surface area contributed by atoms with E-state index in [9.17, 15) is 9.18 Å². The number of nitrogens with one attached hydrogen (secondary N) is 2. The Bertz CT molecular complexity index is 380. The van der Waals surface area contributed by atoms with E-state index < -0.39 is 5.82 Å². The molecule has 0 saturated carbocycles. The Hall–Kier alpha value is -2.08. The number of hydrazone groups is 1. The maximum Gasteiger partial charge on any atom is 0.150 e. The van der Waals surface area contributed by atoms with Crippen LogP contribution in [0.25, 0.3) is 0 Å². The van der Waals surface area contributed by atoms with Crippen molar-refractivity contribution in [2.24, 2.45) is 5.10 Å². The molecule has 0 aromatic heterocycles. The Balaban J connectivity index is 0.00000106. The first-order chi connectivity index (χ1) is 7.76. The summed E-state index contributed by atoms with van der Waals surface area (Å²) in [7, 11) is 1.00. The fourth-order valence-corrected chi connectivity index (χ4v) is 0.894. The highest BCUT2D eigenvalue weighted by atomic mass is 19.1. The van der Waals surface area contributed by atoms with Crippen LogP contribution in [-0.2, 0) is 0 Å². The van der Waals surface area contributed by atoms with Gasteiger partial charge in [0.2, 0.25) is 0 Å². The number of halogens is 1. The molecule has 0 amide bonds. The molecule has 0 aliphatic heterocycles. The number of carbonyl (C=O) groups is 1. The highest BCUT2D eigenvalue weighted by Gasteiger charge is 1.98. The standard InChI is InChI=1S/C9H8FN3O.CH4O/c10-8-3-7(6-14)4-9(5-8)13-12-2-1-11;1-2/h1-6,11,13H;2H,1H3/b11-1?,12-2-;. The third kappa shape index (κ3) is 4.97. The molecule has 0 radical (unpaired) electrons. The fourth-order valence-electron chi connectivity index (χ4n) is 0.894. The van der Waals surface area contributed by atoms with Crippen LogP contribution in [0.15, 0.2) is 23.3 Å². The van der Waals surface area contributed by atoms with Gasteiger partial charge in [-0.3, -0.25) is 10.2 Å². The van der Waals surface area contributed by atoms with Crippen molar-refractivity contribution in [3.05, 3.63) is 29.6 Å². The summed E-state index contributed by atoms with van der Waals surface area (Å²) >= 11 is 0. The minimum absolute atomic E-state index is 0.234.